The van der Waals surface area contributed by atoms with Gasteiger partial charge in [0.05, 0.1) is 19.3 Å². The van der Waals surface area contributed by atoms with Crippen LogP contribution in [0.25, 0.3) is 0 Å². The summed E-state index contributed by atoms with van der Waals surface area (Å²) in [6.07, 6.45) is 1.54. The molecule has 0 saturated carbocycles. The molecule has 0 N–H and O–H groups in total. The molecule has 1 aromatic rings. The van der Waals surface area contributed by atoms with Crippen LogP contribution in [0.15, 0.2) is 24.4 Å². The summed E-state index contributed by atoms with van der Waals surface area (Å²) < 4.78 is 4.90. The quantitative estimate of drug-likeness (QED) is 0.644. The van der Waals surface area contributed by atoms with E-state index >= 15 is 0 Å². The van der Waals surface area contributed by atoms with Gasteiger partial charge in [0, 0.05) is 6.20 Å². The Labute approximate surface area is 81.1 Å². The number of Topliss-reactive ketones (excluding diaryl/α,β-unsaturated/α-hetero) is 1. The average molecular weight is 188 g/mol. The molecule has 4 nitrogen and oxygen atoms in total. The molecule has 0 bridgehead atoms. The molecular weight excluding hydrogens is 180 g/mol. The standard InChI is InChI=1S/C10H8N2O2/c11-5-10(6-14-7-10)9(13)8-3-1-2-4-12-8/h1-4H,6-7H2. The highest BCUT2D eigenvalue weighted by molar-refractivity contribution is 6.01. The molecule has 4 heteroatoms. The van der Waals surface area contributed by atoms with Gasteiger partial charge in [0.2, 0.25) is 5.78 Å². The number of rotatable bonds is 2. The lowest BCUT2D eigenvalue weighted by atomic mass is 9.81. The molecule has 0 atom stereocenters. The summed E-state index contributed by atoms with van der Waals surface area (Å²) in [5.41, 5.74) is -0.661. The number of ether oxygens (including phenoxy) is 1. The van der Waals surface area contributed by atoms with Crippen molar-refractivity contribution in [2.24, 2.45) is 5.41 Å². The first-order chi connectivity index (χ1) is 6.78. The Kier molecular flexibility index (Phi) is 2.02. The van der Waals surface area contributed by atoms with E-state index in [1.807, 2.05) is 6.07 Å². The Balaban J connectivity index is 2.29. The summed E-state index contributed by atoms with van der Waals surface area (Å²) >= 11 is 0. The molecule has 1 aliphatic rings. The van der Waals surface area contributed by atoms with Gasteiger partial charge in [-0.25, -0.2) is 0 Å². The first kappa shape index (κ1) is 8.85. The van der Waals surface area contributed by atoms with Crippen molar-refractivity contribution in [1.29, 1.82) is 5.26 Å². The van der Waals surface area contributed by atoms with Gasteiger partial charge in [-0.1, -0.05) is 6.07 Å². The summed E-state index contributed by atoms with van der Waals surface area (Å²) in [7, 11) is 0. The van der Waals surface area contributed by atoms with E-state index in [-0.39, 0.29) is 19.0 Å². The zero-order chi connectivity index (χ0) is 10.0. The van der Waals surface area contributed by atoms with E-state index in [1.165, 1.54) is 6.20 Å². The van der Waals surface area contributed by atoms with Crippen molar-refractivity contribution in [3.63, 3.8) is 0 Å². The summed E-state index contributed by atoms with van der Waals surface area (Å²) in [6.45, 7) is 0.359. The molecule has 1 saturated heterocycles. The number of carbonyl (C=O) groups is 1. The van der Waals surface area contributed by atoms with Crippen molar-refractivity contribution >= 4 is 5.78 Å². The second-order valence-corrected chi connectivity index (χ2v) is 3.23. The van der Waals surface area contributed by atoms with Crippen molar-refractivity contribution in [3.8, 4) is 6.07 Å². The van der Waals surface area contributed by atoms with Crippen LogP contribution in [0.1, 0.15) is 10.5 Å². The van der Waals surface area contributed by atoms with Gasteiger partial charge in [-0.15, -0.1) is 0 Å². The summed E-state index contributed by atoms with van der Waals surface area (Å²) in [6, 6.07) is 7.07. The van der Waals surface area contributed by atoms with Gasteiger partial charge in [-0.3, -0.25) is 9.78 Å². The number of ketones is 1. The van der Waals surface area contributed by atoms with Gasteiger partial charge in [0.25, 0.3) is 0 Å². The van der Waals surface area contributed by atoms with E-state index in [0.29, 0.717) is 5.69 Å². The minimum atomic E-state index is -0.992. The van der Waals surface area contributed by atoms with Crippen LogP contribution < -0.4 is 0 Å². The highest BCUT2D eigenvalue weighted by Gasteiger charge is 2.47. The van der Waals surface area contributed by atoms with Crippen molar-refractivity contribution < 1.29 is 9.53 Å². The van der Waals surface area contributed by atoms with E-state index in [1.54, 1.807) is 18.2 Å². The van der Waals surface area contributed by atoms with E-state index in [2.05, 4.69) is 4.98 Å². The number of aromatic nitrogens is 1. The Bertz CT molecular complexity index is 390. The summed E-state index contributed by atoms with van der Waals surface area (Å²) in [5.74, 6) is -0.244. The molecule has 0 amide bonds. The van der Waals surface area contributed by atoms with Crippen LogP contribution in [0.5, 0.6) is 0 Å². The molecule has 0 aliphatic carbocycles. The molecule has 1 aromatic heterocycles. The fourth-order valence-electron chi connectivity index (χ4n) is 1.29. The van der Waals surface area contributed by atoms with Crippen molar-refractivity contribution in [1.82, 2.24) is 4.98 Å². The lowest BCUT2D eigenvalue weighted by molar-refractivity contribution is -0.0568. The third kappa shape index (κ3) is 1.19. The third-order valence-corrected chi connectivity index (χ3v) is 2.24. The Morgan fingerprint density at radius 1 is 1.57 bits per heavy atom. The Morgan fingerprint density at radius 3 is 2.79 bits per heavy atom. The molecule has 0 radical (unpaired) electrons. The van der Waals surface area contributed by atoms with E-state index in [0.717, 1.165) is 0 Å². The molecule has 0 aromatic carbocycles. The topological polar surface area (TPSA) is 63.0 Å². The molecule has 0 spiro atoms. The van der Waals surface area contributed by atoms with E-state index < -0.39 is 5.41 Å². The number of hydrogen-bond acceptors (Lipinski definition) is 4. The number of carbonyl (C=O) groups excluding carboxylic acids is 1. The zero-order valence-corrected chi connectivity index (χ0v) is 7.43. The molecule has 2 heterocycles. The predicted octanol–water partition coefficient (Wildman–Crippen LogP) is 0.804. The number of pyridine rings is 1. The van der Waals surface area contributed by atoms with Crippen LogP contribution in [-0.4, -0.2) is 24.0 Å². The van der Waals surface area contributed by atoms with E-state index in [4.69, 9.17) is 10.00 Å². The van der Waals surface area contributed by atoms with Crippen LogP contribution in [0.3, 0.4) is 0 Å². The zero-order valence-electron chi connectivity index (χ0n) is 7.43. The maximum Gasteiger partial charge on any atom is 0.206 e. The fourth-order valence-corrected chi connectivity index (χ4v) is 1.29. The first-order valence-electron chi connectivity index (χ1n) is 4.23. The maximum absolute atomic E-state index is 11.8. The van der Waals surface area contributed by atoms with Crippen LogP contribution >= 0.6 is 0 Å². The number of nitriles is 1. The van der Waals surface area contributed by atoms with Crippen LogP contribution in [0.2, 0.25) is 0 Å². The summed E-state index contributed by atoms with van der Waals surface area (Å²) in [4.78, 5) is 15.7. The van der Waals surface area contributed by atoms with Crippen LogP contribution in [0, 0.1) is 16.7 Å². The van der Waals surface area contributed by atoms with Gasteiger partial charge in [0.15, 0.2) is 5.41 Å². The highest BCUT2D eigenvalue weighted by Crippen LogP contribution is 2.30. The monoisotopic (exact) mass is 188 g/mol. The molecule has 1 aliphatic heterocycles. The molecule has 2 rings (SSSR count). The van der Waals surface area contributed by atoms with Crippen LogP contribution in [0.4, 0.5) is 0 Å². The van der Waals surface area contributed by atoms with Gasteiger partial charge < -0.3 is 4.74 Å². The molecule has 14 heavy (non-hydrogen) atoms. The molecule has 1 fully saturated rings. The van der Waals surface area contributed by atoms with Gasteiger partial charge in [-0.2, -0.15) is 5.26 Å². The highest BCUT2D eigenvalue weighted by atomic mass is 16.5. The Morgan fingerprint density at radius 2 is 2.36 bits per heavy atom. The van der Waals surface area contributed by atoms with Crippen LogP contribution in [-0.2, 0) is 4.74 Å². The fraction of sp³-hybridized carbons (Fsp3) is 0.300. The molecular formula is C10H8N2O2. The largest absolute Gasteiger partial charge is 0.377 e. The average Bonchev–Trinajstić information content (AvgIpc) is 2.18. The summed E-state index contributed by atoms with van der Waals surface area (Å²) in [5, 5.41) is 8.89. The van der Waals surface area contributed by atoms with Gasteiger partial charge in [-0.05, 0) is 12.1 Å². The lowest BCUT2D eigenvalue weighted by Crippen LogP contribution is -2.48. The number of hydrogen-bond donors (Lipinski definition) is 0. The minimum absolute atomic E-state index is 0.179. The van der Waals surface area contributed by atoms with Crippen molar-refractivity contribution in [2.75, 3.05) is 13.2 Å². The van der Waals surface area contributed by atoms with Crippen molar-refractivity contribution in [2.45, 2.75) is 0 Å². The number of nitrogens with zero attached hydrogens (tertiary/aromatic N) is 2. The first-order valence-corrected chi connectivity index (χ1v) is 4.23. The normalized spacial score (nSPS) is 17.9. The minimum Gasteiger partial charge on any atom is -0.377 e. The SMILES string of the molecule is N#CC1(C(=O)c2ccccn2)COC1. The Hall–Kier alpha value is -1.73. The lowest BCUT2D eigenvalue weighted by Gasteiger charge is -2.32. The third-order valence-electron chi connectivity index (χ3n) is 2.24. The molecule has 70 valence electrons. The van der Waals surface area contributed by atoms with Gasteiger partial charge in [0.1, 0.15) is 5.69 Å². The smallest absolute Gasteiger partial charge is 0.206 e. The van der Waals surface area contributed by atoms with Crippen molar-refractivity contribution in [3.05, 3.63) is 30.1 Å². The predicted molar refractivity (Wildman–Crippen MR) is 47.4 cm³/mol. The second-order valence-electron chi connectivity index (χ2n) is 3.23. The second kappa shape index (κ2) is 3.20. The van der Waals surface area contributed by atoms with E-state index in [9.17, 15) is 4.79 Å². The maximum atomic E-state index is 11.8. The molecule has 0 unspecified atom stereocenters. The van der Waals surface area contributed by atoms with Gasteiger partial charge >= 0.3 is 0 Å².